The van der Waals surface area contributed by atoms with Crippen LogP contribution in [0.4, 0.5) is 15.8 Å². The van der Waals surface area contributed by atoms with Gasteiger partial charge in [-0.05, 0) is 26.0 Å². The van der Waals surface area contributed by atoms with Gasteiger partial charge in [0.25, 0.3) is 5.91 Å². The number of aromatic nitrogens is 5. The number of nitriles is 1. The number of fused-ring (bicyclic) bond motifs is 1. The van der Waals surface area contributed by atoms with Gasteiger partial charge in [0.2, 0.25) is 0 Å². The van der Waals surface area contributed by atoms with E-state index in [4.69, 9.17) is 5.26 Å². The number of rotatable bonds is 7. The second-order valence-electron chi connectivity index (χ2n) is 8.38. The van der Waals surface area contributed by atoms with E-state index in [2.05, 4.69) is 31.8 Å². The molecule has 1 atom stereocenters. The Hall–Kier alpha value is -4.30. The Balaban J connectivity index is 1.70. The predicted molar refractivity (Wildman–Crippen MR) is 124 cm³/mol. The number of hydrogen-bond donors (Lipinski definition) is 3. The molecule has 1 unspecified atom stereocenters. The van der Waals surface area contributed by atoms with Gasteiger partial charge in [0.15, 0.2) is 0 Å². The molecule has 0 fully saturated rings. The summed E-state index contributed by atoms with van der Waals surface area (Å²) < 4.78 is 17.5. The molecule has 0 saturated carbocycles. The number of pyridine rings is 2. The van der Waals surface area contributed by atoms with E-state index in [0.29, 0.717) is 28.4 Å². The van der Waals surface area contributed by atoms with Crippen molar-refractivity contribution in [1.29, 1.82) is 5.26 Å². The third-order valence-electron chi connectivity index (χ3n) is 5.23. The molecule has 4 aromatic heterocycles. The second-order valence-corrected chi connectivity index (χ2v) is 8.38. The van der Waals surface area contributed by atoms with Crippen LogP contribution >= 0.6 is 0 Å². The van der Waals surface area contributed by atoms with Crippen molar-refractivity contribution in [2.24, 2.45) is 7.05 Å². The summed E-state index contributed by atoms with van der Waals surface area (Å²) in [7, 11) is 1.77. The second kappa shape index (κ2) is 8.92. The molecule has 0 spiro atoms. The number of anilines is 2. The molecular formula is C23H23FN8O2. The number of carbonyl (C=O) groups is 1. The lowest BCUT2D eigenvalue weighted by molar-refractivity contribution is -0.00177. The minimum atomic E-state index is -1.64. The first-order valence-electron chi connectivity index (χ1n) is 10.4. The summed E-state index contributed by atoms with van der Waals surface area (Å²) in [6.07, 6.45) is 6.33. The number of nitrogens with zero attached hydrogens (tertiary/aromatic N) is 6. The molecule has 0 aliphatic heterocycles. The molecule has 0 aromatic carbocycles. The van der Waals surface area contributed by atoms with Crippen LogP contribution in [0.5, 0.6) is 0 Å². The first-order chi connectivity index (χ1) is 16.2. The highest BCUT2D eigenvalue weighted by Gasteiger charge is 2.27. The van der Waals surface area contributed by atoms with Crippen LogP contribution in [0, 0.1) is 11.3 Å². The average molecular weight is 462 g/mol. The van der Waals surface area contributed by atoms with E-state index in [-0.39, 0.29) is 12.1 Å². The third-order valence-corrected chi connectivity index (χ3v) is 5.23. The van der Waals surface area contributed by atoms with Gasteiger partial charge in [-0.1, -0.05) is 0 Å². The van der Waals surface area contributed by atoms with Crippen LogP contribution in [-0.2, 0) is 7.05 Å². The monoisotopic (exact) mass is 462 g/mol. The summed E-state index contributed by atoms with van der Waals surface area (Å²) in [5, 5.41) is 29.5. The Kier molecular flexibility index (Phi) is 6.00. The number of hydrogen-bond acceptors (Lipinski definition) is 7. The van der Waals surface area contributed by atoms with E-state index < -0.39 is 17.7 Å². The lowest BCUT2D eigenvalue weighted by Crippen LogP contribution is -2.42. The summed E-state index contributed by atoms with van der Waals surface area (Å²) in [5.41, 5.74) is 0.710. The van der Waals surface area contributed by atoms with Crippen LogP contribution < -0.4 is 10.6 Å². The number of aryl methyl sites for hydroxylation is 1. The maximum absolute atomic E-state index is 14.2. The molecule has 10 nitrogen and oxygen atoms in total. The minimum absolute atomic E-state index is 0.187. The van der Waals surface area contributed by atoms with Crippen LogP contribution in [0.15, 0.2) is 49.2 Å². The largest absolute Gasteiger partial charge is 0.387 e. The van der Waals surface area contributed by atoms with Gasteiger partial charge in [-0.25, -0.2) is 14.4 Å². The Morgan fingerprint density at radius 3 is 2.76 bits per heavy atom. The Bertz CT molecular complexity index is 1400. The molecule has 0 aliphatic carbocycles. The maximum Gasteiger partial charge on any atom is 0.255 e. The van der Waals surface area contributed by atoms with Crippen molar-refractivity contribution in [1.82, 2.24) is 29.6 Å². The zero-order valence-electron chi connectivity index (χ0n) is 18.8. The molecule has 0 aliphatic rings. The molecular weight excluding hydrogens is 439 g/mol. The molecule has 34 heavy (non-hydrogen) atoms. The van der Waals surface area contributed by atoms with Crippen LogP contribution in [0.2, 0.25) is 0 Å². The molecule has 0 bridgehead atoms. The Labute approximate surface area is 194 Å². The molecule has 0 saturated heterocycles. The van der Waals surface area contributed by atoms with Crippen molar-refractivity contribution in [2.45, 2.75) is 25.6 Å². The van der Waals surface area contributed by atoms with E-state index in [9.17, 15) is 14.3 Å². The Morgan fingerprint density at radius 2 is 2.09 bits per heavy atom. The zero-order chi connectivity index (χ0) is 24.5. The number of alkyl halides is 1. The minimum Gasteiger partial charge on any atom is -0.387 e. The van der Waals surface area contributed by atoms with Crippen LogP contribution in [0.3, 0.4) is 0 Å². The molecule has 3 N–H and O–H groups in total. The molecule has 4 aromatic rings. The lowest BCUT2D eigenvalue weighted by atomic mass is 10.0. The fourth-order valence-corrected chi connectivity index (χ4v) is 3.30. The smallest absolute Gasteiger partial charge is 0.255 e. The zero-order valence-corrected chi connectivity index (χ0v) is 18.8. The molecule has 174 valence electrons. The normalized spacial score (nSPS) is 12.4. The van der Waals surface area contributed by atoms with Crippen molar-refractivity contribution < 1.29 is 14.3 Å². The van der Waals surface area contributed by atoms with Gasteiger partial charge in [-0.15, -0.1) is 0 Å². The summed E-state index contributed by atoms with van der Waals surface area (Å²) in [5.74, 6) is -0.0681. The van der Waals surface area contributed by atoms with Crippen LogP contribution in [-0.4, -0.2) is 53.6 Å². The van der Waals surface area contributed by atoms with Gasteiger partial charge in [-0.3, -0.25) is 14.0 Å². The molecule has 4 heterocycles. The standard InChI is InChI=1S/C23H23FN8O2/c1-23(2,34)19(24)12-28-22(33)17-11-26-20(7-18(17)30-16-10-29-31(3)13-16)32-5-4-15-6-14(8-25)9-27-21(15)32/h4-7,9-11,13,19,34H,12H2,1-3H3,(H,26,30)(H,28,33). The van der Waals surface area contributed by atoms with E-state index in [0.717, 1.165) is 5.39 Å². The summed E-state index contributed by atoms with van der Waals surface area (Å²) >= 11 is 0. The number of halogens is 1. The van der Waals surface area contributed by atoms with Gasteiger partial charge in [-0.2, -0.15) is 10.4 Å². The number of carbonyl (C=O) groups excluding carboxylic acids is 1. The van der Waals surface area contributed by atoms with Crippen molar-refractivity contribution in [2.75, 3.05) is 11.9 Å². The van der Waals surface area contributed by atoms with Crippen molar-refractivity contribution >= 4 is 28.3 Å². The molecule has 0 radical (unpaired) electrons. The SMILES string of the molecule is Cn1cc(Nc2cc(-n3ccc4cc(C#N)cnc43)ncc2C(=O)NCC(F)C(C)(C)O)cn1. The van der Waals surface area contributed by atoms with Gasteiger partial charge in [0.1, 0.15) is 23.7 Å². The molecule has 4 rings (SSSR count). The van der Waals surface area contributed by atoms with Crippen LogP contribution in [0.1, 0.15) is 29.8 Å². The average Bonchev–Trinajstić information content (AvgIpc) is 3.41. The molecule has 11 heteroatoms. The highest BCUT2D eigenvalue weighted by atomic mass is 19.1. The summed E-state index contributed by atoms with van der Waals surface area (Å²) in [6, 6.07) is 7.28. The van der Waals surface area contributed by atoms with Crippen molar-refractivity contribution in [3.8, 4) is 11.9 Å². The van der Waals surface area contributed by atoms with Gasteiger partial charge in [0.05, 0.1) is 40.8 Å². The van der Waals surface area contributed by atoms with Crippen molar-refractivity contribution in [3.63, 3.8) is 0 Å². The molecule has 1 amide bonds. The van der Waals surface area contributed by atoms with E-state index in [1.807, 2.05) is 6.07 Å². The topological polar surface area (TPSA) is 134 Å². The van der Waals surface area contributed by atoms with Gasteiger partial charge >= 0.3 is 0 Å². The lowest BCUT2D eigenvalue weighted by Gasteiger charge is -2.22. The van der Waals surface area contributed by atoms with Crippen LogP contribution in [0.25, 0.3) is 16.9 Å². The van der Waals surface area contributed by atoms with Gasteiger partial charge in [0, 0.05) is 43.3 Å². The Morgan fingerprint density at radius 1 is 1.29 bits per heavy atom. The van der Waals surface area contributed by atoms with E-state index in [1.165, 1.54) is 26.2 Å². The first kappa shape index (κ1) is 22.9. The maximum atomic E-state index is 14.2. The quantitative estimate of drug-likeness (QED) is 0.384. The summed E-state index contributed by atoms with van der Waals surface area (Å²) in [6.45, 7) is 2.32. The van der Waals surface area contributed by atoms with Crippen molar-refractivity contribution in [3.05, 3.63) is 60.3 Å². The van der Waals surface area contributed by atoms with E-state index in [1.54, 1.807) is 47.0 Å². The summed E-state index contributed by atoms with van der Waals surface area (Å²) in [4.78, 5) is 21.6. The highest BCUT2D eigenvalue weighted by Crippen LogP contribution is 2.25. The number of aliphatic hydroxyl groups is 1. The third kappa shape index (κ3) is 4.72. The fraction of sp³-hybridized carbons (Fsp3) is 0.261. The van der Waals surface area contributed by atoms with E-state index >= 15 is 0 Å². The number of nitrogens with one attached hydrogen (secondary N) is 2. The number of amides is 1. The highest BCUT2D eigenvalue weighted by molar-refractivity contribution is 6.00. The van der Waals surface area contributed by atoms with Gasteiger partial charge < -0.3 is 15.7 Å². The predicted octanol–water partition coefficient (Wildman–Crippen LogP) is 2.61. The first-order valence-corrected chi connectivity index (χ1v) is 10.4. The fourth-order valence-electron chi connectivity index (χ4n) is 3.30.